The molecule has 6 heteroatoms. The lowest BCUT2D eigenvalue weighted by Crippen LogP contribution is -2.18. The minimum Gasteiger partial charge on any atom is -0.388 e. The number of nitrogens with zero attached hydrogens (tertiary/aromatic N) is 3. The number of aromatic nitrogens is 3. The molecule has 0 unspecified atom stereocenters. The SMILES string of the molecule is Nc1snnc1Cn1ccccc1=O. The highest BCUT2D eigenvalue weighted by Gasteiger charge is 2.04. The van der Waals surface area contributed by atoms with Crippen LogP contribution in [0.3, 0.4) is 0 Å². The zero-order valence-corrected chi connectivity index (χ0v) is 8.07. The van der Waals surface area contributed by atoms with Gasteiger partial charge in [-0.2, -0.15) is 0 Å². The fraction of sp³-hybridized carbons (Fsp3) is 0.125. The number of nitrogen functional groups attached to an aromatic ring is 1. The maximum absolute atomic E-state index is 11.3. The Labute approximate surface area is 84.0 Å². The molecule has 2 heterocycles. The lowest BCUT2D eigenvalue weighted by atomic mass is 10.4. The molecule has 2 N–H and O–H groups in total. The summed E-state index contributed by atoms with van der Waals surface area (Å²) >= 11 is 1.13. The quantitative estimate of drug-likeness (QED) is 0.771. The van der Waals surface area contributed by atoms with E-state index >= 15 is 0 Å². The third-order valence-electron chi connectivity index (χ3n) is 1.80. The Kier molecular flexibility index (Phi) is 2.28. The van der Waals surface area contributed by atoms with E-state index in [1.807, 2.05) is 0 Å². The summed E-state index contributed by atoms with van der Waals surface area (Å²) in [6.07, 6.45) is 1.70. The van der Waals surface area contributed by atoms with Crippen molar-refractivity contribution in [3.8, 4) is 0 Å². The summed E-state index contributed by atoms with van der Waals surface area (Å²) in [4.78, 5) is 11.3. The minimum absolute atomic E-state index is 0.0695. The van der Waals surface area contributed by atoms with E-state index in [1.165, 1.54) is 10.6 Å². The van der Waals surface area contributed by atoms with E-state index in [2.05, 4.69) is 9.59 Å². The molecule has 0 saturated heterocycles. The van der Waals surface area contributed by atoms with Gasteiger partial charge in [0.1, 0.15) is 10.7 Å². The van der Waals surface area contributed by atoms with Crippen LogP contribution in [0.15, 0.2) is 29.2 Å². The second-order valence-electron chi connectivity index (χ2n) is 2.75. The van der Waals surface area contributed by atoms with Crippen LogP contribution in [0.25, 0.3) is 0 Å². The number of rotatable bonds is 2. The van der Waals surface area contributed by atoms with E-state index in [4.69, 9.17) is 5.73 Å². The van der Waals surface area contributed by atoms with Gasteiger partial charge in [-0.05, 0) is 6.07 Å². The topological polar surface area (TPSA) is 73.8 Å². The summed E-state index contributed by atoms with van der Waals surface area (Å²) < 4.78 is 5.23. The molecule has 0 fully saturated rings. The molecule has 0 spiro atoms. The van der Waals surface area contributed by atoms with Gasteiger partial charge in [-0.1, -0.05) is 10.6 Å². The van der Waals surface area contributed by atoms with Crippen molar-refractivity contribution in [1.82, 2.24) is 14.2 Å². The molecule has 0 aromatic carbocycles. The largest absolute Gasteiger partial charge is 0.388 e. The van der Waals surface area contributed by atoms with Crippen molar-refractivity contribution in [2.75, 3.05) is 5.73 Å². The number of anilines is 1. The summed E-state index contributed by atoms with van der Waals surface area (Å²) in [5.41, 5.74) is 6.19. The van der Waals surface area contributed by atoms with Gasteiger partial charge in [0.05, 0.1) is 6.54 Å². The van der Waals surface area contributed by atoms with Crippen LogP contribution in [0.1, 0.15) is 5.69 Å². The first-order valence-corrected chi connectivity index (χ1v) is 4.77. The molecule has 2 aromatic heterocycles. The fourth-order valence-corrected chi connectivity index (χ4v) is 1.52. The summed E-state index contributed by atoms with van der Waals surface area (Å²) in [7, 11) is 0. The fourth-order valence-electron chi connectivity index (χ4n) is 1.08. The zero-order valence-electron chi connectivity index (χ0n) is 7.25. The third kappa shape index (κ3) is 1.64. The Hall–Kier alpha value is -1.69. The molecule has 0 aliphatic heterocycles. The Morgan fingerprint density at radius 1 is 1.50 bits per heavy atom. The van der Waals surface area contributed by atoms with Gasteiger partial charge in [0.25, 0.3) is 5.56 Å². The van der Waals surface area contributed by atoms with E-state index in [0.717, 1.165) is 11.5 Å². The number of nitrogens with two attached hydrogens (primary N) is 1. The summed E-state index contributed by atoms with van der Waals surface area (Å²) in [6.45, 7) is 0.377. The maximum atomic E-state index is 11.3. The number of hydrogen-bond acceptors (Lipinski definition) is 5. The Morgan fingerprint density at radius 2 is 2.36 bits per heavy atom. The van der Waals surface area contributed by atoms with Crippen LogP contribution >= 0.6 is 11.5 Å². The van der Waals surface area contributed by atoms with Crippen LogP contribution in [0.4, 0.5) is 5.00 Å². The first-order valence-electron chi connectivity index (χ1n) is 3.99. The molecule has 0 atom stereocenters. The standard InChI is InChI=1S/C8H8N4OS/c9-8-6(10-11-14-8)5-12-4-2-1-3-7(12)13/h1-4H,5,9H2. The lowest BCUT2D eigenvalue weighted by molar-refractivity contribution is 0.737. The molecule has 0 aliphatic carbocycles. The average molecular weight is 208 g/mol. The summed E-state index contributed by atoms with van der Waals surface area (Å²) in [6, 6.07) is 4.98. The monoisotopic (exact) mass is 208 g/mol. The van der Waals surface area contributed by atoms with Gasteiger partial charge < -0.3 is 10.3 Å². The Balaban J connectivity index is 2.32. The molecule has 72 valence electrons. The number of hydrogen-bond donors (Lipinski definition) is 1. The molecule has 5 nitrogen and oxygen atoms in total. The van der Waals surface area contributed by atoms with Crippen molar-refractivity contribution >= 4 is 16.5 Å². The first-order chi connectivity index (χ1) is 6.77. The van der Waals surface area contributed by atoms with Crippen LogP contribution in [-0.4, -0.2) is 14.2 Å². The van der Waals surface area contributed by atoms with Crippen LogP contribution in [-0.2, 0) is 6.54 Å². The zero-order chi connectivity index (χ0) is 9.97. The highest BCUT2D eigenvalue weighted by molar-refractivity contribution is 7.09. The van der Waals surface area contributed by atoms with Crippen molar-refractivity contribution in [2.45, 2.75) is 6.54 Å². The molecule has 0 radical (unpaired) electrons. The highest BCUT2D eigenvalue weighted by atomic mass is 32.1. The minimum atomic E-state index is -0.0695. The molecule has 0 aliphatic rings. The molecule has 2 rings (SSSR count). The van der Waals surface area contributed by atoms with Gasteiger partial charge in [-0.15, -0.1) is 5.10 Å². The smallest absolute Gasteiger partial charge is 0.250 e. The van der Waals surface area contributed by atoms with E-state index < -0.39 is 0 Å². The second-order valence-corrected chi connectivity index (χ2v) is 3.54. The predicted molar refractivity (Wildman–Crippen MR) is 54.1 cm³/mol. The Morgan fingerprint density at radius 3 is 3.00 bits per heavy atom. The predicted octanol–water partition coefficient (Wildman–Crippen LogP) is 0.330. The van der Waals surface area contributed by atoms with Crippen LogP contribution in [0.5, 0.6) is 0 Å². The summed E-state index contributed by atoms with van der Waals surface area (Å²) in [5, 5.41) is 4.39. The van der Waals surface area contributed by atoms with E-state index in [9.17, 15) is 4.79 Å². The first kappa shape index (κ1) is 8.89. The third-order valence-corrected chi connectivity index (χ3v) is 2.40. The van der Waals surface area contributed by atoms with Crippen LogP contribution in [0, 0.1) is 0 Å². The number of pyridine rings is 1. The molecule has 0 saturated carbocycles. The van der Waals surface area contributed by atoms with E-state index in [1.54, 1.807) is 18.3 Å². The Bertz CT molecular complexity index is 490. The lowest BCUT2D eigenvalue weighted by Gasteiger charge is -2.01. The molecule has 0 amide bonds. The molecule has 14 heavy (non-hydrogen) atoms. The maximum Gasteiger partial charge on any atom is 0.250 e. The van der Waals surface area contributed by atoms with Gasteiger partial charge in [0, 0.05) is 23.8 Å². The normalized spacial score (nSPS) is 10.3. The molecule has 2 aromatic rings. The molecular weight excluding hydrogens is 200 g/mol. The van der Waals surface area contributed by atoms with Crippen LogP contribution in [0.2, 0.25) is 0 Å². The highest BCUT2D eigenvalue weighted by Crippen LogP contribution is 2.12. The van der Waals surface area contributed by atoms with Gasteiger partial charge in [0.2, 0.25) is 0 Å². The van der Waals surface area contributed by atoms with Crippen molar-refractivity contribution in [3.05, 3.63) is 40.4 Å². The van der Waals surface area contributed by atoms with Gasteiger partial charge in [-0.25, -0.2) is 0 Å². The van der Waals surface area contributed by atoms with Crippen molar-refractivity contribution in [3.63, 3.8) is 0 Å². The summed E-state index contributed by atoms with van der Waals surface area (Å²) in [5.74, 6) is 0. The second kappa shape index (κ2) is 3.59. The molecular formula is C8H8N4OS. The molecule has 0 bridgehead atoms. The average Bonchev–Trinajstić information content (AvgIpc) is 2.56. The van der Waals surface area contributed by atoms with Crippen molar-refractivity contribution < 1.29 is 0 Å². The van der Waals surface area contributed by atoms with Gasteiger partial charge in [0.15, 0.2) is 0 Å². The van der Waals surface area contributed by atoms with E-state index in [0.29, 0.717) is 17.2 Å². The van der Waals surface area contributed by atoms with Crippen molar-refractivity contribution in [1.29, 1.82) is 0 Å². The van der Waals surface area contributed by atoms with Crippen molar-refractivity contribution in [2.24, 2.45) is 0 Å². The van der Waals surface area contributed by atoms with Gasteiger partial charge >= 0.3 is 0 Å². The van der Waals surface area contributed by atoms with E-state index in [-0.39, 0.29) is 5.56 Å². The van der Waals surface area contributed by atoms with Gasteiger partial charge in [-0.3, -0.25) is 4.79 Å². The van der Waals surface area contributed by atoms with Crippen LogP contribution < -0.4 is 11.3 Å².